The summed E-state index contributed by atoms with van der Waals surface area (Å²) in [5, 5.41) is 2.66. The Kier molecular flexibility index (Phi) is 6.58. The summed E-state index contributed by atoms with van der Waals surface area (Å²) in [7, 11) is 1.53. The zero-order chi connectivity index (χ0) is 24.2. The molecule has 0 radical (unpaired) electrons. The number of carbonyl (C=O) groups excluding carboxylic acids is 3. The second-order valence-corrected chi connectivity index (χ2v) is 8.04. The van der Waals surface area contributed by atoms with E-state index in [4.69, 9.17) is 4.74 Å². The van der Waals surface area contributed by atoms with Gasteiger partial charge < -0.3 is 15.0 Å². The number of imide groups is 1. The van der Waals surface area contributed by atoms with E-state index in [1.807, 2.05) is 31.2 Å². The number of hydrogen-bond donors (Lipinski definition) is 1. The van der Waals surface area contributed by atoms with Gasteiger partial charge in [-0.05, 0) is 61.0 Å². The maximum Gasteiger partial charge on any atom is 0.332 e. The van der Waals surface area contributed by atoms with Crippen molar-refractivity contribution in [3.8, 4) is 5.75 Å². The maximum atomic E-state index is 13.4. The highest BCUT2D eigenvalue weighted by Gasteiger charge is 2.46. The molecule has 4 amide bonds. The number of benzene rings is 3. The van der Waals surface area contributed by atoms with Gasteiger partial charge in [0.2, 0.25) is 5.91 Å². The molecule has 1 heterocycles. The van der Waals surface area contributed by atoms with Gasteiger partial charge in [-0.3, -0.25) is 9.59 Å². The molecule has 174 valence electrons. The lowest BCUT2D eigenvalue weighted by atomic mass is 10.1. The molecule has 1 fully saturated rings. The van der Waals surface area contributed by atoms with Gasteiger partial charge >= 0.3 is 6.03 Å². The van der Waals surface area contributed by atoms with Crippen molar-refractivity contribution in [2.24, 2.45) is 0 Å². The molecule has 7 nitrogen and oxygen atoms in total. The molecule has 1 aliphatic heterocycles. The summed E-state index contributed by atoms with van der Waals surface area (Å²) in [4.78, 5) is 42.0. The van der Waals surface area contributed by atoms with Crippen LogP contribution in [0.15, 0.2) is 72.8 Å². The molecule has 0 aromatic heterocycles. The molecule has 3 aromatic rings. The highest BCUT2D eigenvalue weighted by atomic mass is 19.1. The number of anilines is 2. The van der Waals surface area contributed by atoms with Crippen LogP contribution >= 0.6 is 0 Å². The minimum absolute atomic E-state index is 0.173. The number of methoxy groups -OCH3 is 1. The van der Waals surface area contributed by atoms with E-state index in [1.165, 1.54) is 36.3 Å². The zero-order valence-electron chi connectivity index (χ0n) is 18.8. The van der Waals surface area contributed by atoms with Crippen molar-refractivity contribution in [1.29, 1.82) is 0 Å². The number of ether oxygens (including phenoxy) is 1. The average molecular weight is 461 g/mol. The molecule has 1 saturated heterocycles. The van der Waals surface area contributed by atoms with Gasteiger partial charge in [0.1, 0.15) is 17.6 Å². The van der Waals surface area contributed by atoms with Gasteiger partial charge in [0.15, 0.2) is 0 Å². The van der Waals surface area contributed by atoms with E-state index in [9.17, 15) is 18.8 Å². The van der Waals surface area contributed by atoms with Crippen LogP contribution in [0.1, 0.15) is 17.5 Å². The average Bonchev–Trinajstić information content (AvgIpc) is 3.06. The Morgan fingerprint density at radius 3 is 2.24 bits per heavy atom. The van der Waals surface area contributed by atoms with E-state index in [-0.39, 0.29) is 13.0 Å². The van der Waals surface area contributed by atoms with Crippen LogP contribution in [0.5, 0.6) is 5.75 Å². The lowest BCUT2D eigenvalue weighted by Gasteiger charge is -2.22. The van der Waals surface area contributed by atoms with Crippen LogP contribution in [0.2, 0.25) is 0 Å². The fraction of sp³-hybridized carbons (Fsp3) is 0.192. The molecule has 0 saturated carbocycles. The Labute approximate surface area is 196 Å². The number of rotatable bonds is 7. The topological polar surface area (TPSA) is 79.0 Å². The van der Waals surface area contributed by atoms with Crippen molar-refractivity contribution in [3.05, 3.63) is 89.7 Å². The van der Waals surface area contributed by atoms with Crippen LogP contribution in [-0.4, -0.2) is 35.9 Å². The SMILES string of the molecule is COc1ccc(N2C(=O)[C@@H](CC(=O)Nc3ccc(F)cc3)N(Cc3ccc(C)cc3)C2=O)cc1. The third-order valence-electron chi connectivity index (χ3n) is 5.63. The molecule has 1 N–H and O–H groups in total. The van der Waals surface area contributed by atoms with Gasteiger partial charge in [-0.2, -0.15) is 0 Å². The van der Waals surface area contributed by atoms with E-state index in [0.717, 1.165) is 16.0 Å². The Morgan fingerprint density at radius 2 is 1.62 bits per heavy atom. The molecule has 1 atom stereocenters. The van der Waals surface area contributed by atoms with Crippen molar-refractivity contribution in [1.82, 2.24) is 4.90 Å². The van der Waals surface area contributed by atoms with Gasteiger partial charge in [0.05, 0.1) is 19.2 Å². The lowest BCUT2D eigenvalue weighted by molar-refractivity contribution is -0.124. The molecule has 4 rings (SSSR count). The molecule has 34 heavy (non-hydrogen) atoms. The molecule has 1 aliphatic rings. The van der Waals surface area contributed by atoms with E-state index in [2.05, 4.69) is 5.32 Å². The van der Waals surface area contributed by atoms with E-state index < -0.39 is 29.7 Å². The smallest absolute Gasteiger partial charge is 0.332 e. The Balaban J connectivity index is 1.59. The van der Waals surface area contributed by atoms with Crippen molar-refractivity contribution < 1.29 is 23.5 Å². The monoisotopic (exact) mass is 461 g/mol. The Hall–Kier alpha value is -4.20. The van der Waals surface area contributed by atoms with Gasteiger partial charge in [-0.1, -0.05) is 29.8 Å². The second kappa shape index (κ2) is 9.74. The molecule has 8 heteroatoms. The quantitative estimate of drug-likeness (QED) is 0.525. The van der Waals surface area contributed by atoms with Gasteiger partial charge in [0, 0.05) is 12.2 Å². The molecule has 0 bridgehead atoms. The first-order valence-electron chi connectivity index (χ1n) is 10.8. The summed E-state index contributed by atoms with van der Waals surface area (Å²) in [6.07, 6.45) is -0.236. The van der Waals surface area contributed by atoms with Gasteiger partial charge in [-0.25, -0.2) is 14.1 Å². The molecular weight excluding hydrogens is 437 g/mol. The van der Waals surface area contributed by atoms with Crippen molar-refractivity contribution >= 4 is 29.2 Å². The third kappa shape index (κ3) is 4.91. The zero-order valence-corrected chi connectivity index (χ0v) is 18.8. The fourth-order valence-electron chi connectivity index (χ4n) is 3.79. The highest BCUT2D eigenvalue weighted by molar-refractivity contribution is 6.22. The first-order chi connectivity index (χ1) is 16.4. The molecule has 0 aliphatic carbocycles. The van der Waals surface area contributed by atoms with Gasteiger partial charge in [0.25, 0.3) is 5.91 Å². The summed E-state index contributed by atoms with van der Waals surface area (Å²) >= 11 is 0. The lowest BCUT2D eigenvalue weighted by Crippen LogP contribution is -2.37. The highest BCUT2D eigenvalue weighted by Crippen LogP contribution is 2.30. The van der Waals surface area contributed by atoms with Crippen LogP contribution in [-0.2, 0) is 16.1 Å². The first-order valence-corrected chi connectivity index (χ1v) is 10.8. The fourth-order valence-corrected chi connectivity index (χ4v) is 3.79. The van der Waals surface area contributed by atoms with Crippen molar-refractivity contribution in [2.45, 2.75) is 25.9 Å². The summed E-state index contributed by atoms with van der Waals surface area (Å²) in [6.45, 7) is 2.13. The van der Waals surface area contributed by atoms with Crippen molar-refractivity contribution in [2.75, 3.05) is 17.3 Å². The maximum absolute atomic E-state index is 13.4. The predicted octanol–water partition coefficient (Wildman–Crippen LogP) is 4.51. The summed E-state index contributed by atoms with van der Waals surface area (Å²) in [6, 6.07) is 18.0. The molecule has 0 unspecified atom stereocenters. The number of nitrogens with one attached hydrogen (secondary N) is 1. The summed E-state index contributed by atoms with van der Waals surface area (Å²) in [5.74, 6) is -0.775. The minimum atomic E-state index is -0.989. The van der Waals surface area contributed by atoms with Crippen LogP contribution in [0.3, 0.4) is 0 Å². The standard InChI is InChI=1S/C26H24FN3O4/c1-17-3-5-18(6-4-17)16-29-23(15-24(31)28-20-9-7-19(27)8-10-20)25(32)30(26(29)33)21-11-13-22(34-2)14-12-21/h3-14,23H,15-16H2,1-2H3,(H,28,31)/t23-/m1/s1. The number of halogens is 1. The molecule has 3 aromatic carbocycles. The second-order valence-electron chi connectivity index (χ2n) is 8.04. The van der Waals surface area contributed by atoms with E-state index in [0.29, 0.717) is 17.1 Å². The van der Waals surface area contributed by atoms with Crippen LogP contribution < -0.4 is 15.0 Å². The Morgan fingerprint density at radius 1 is 0.971 bits per heavy atom. The molecule has 0 spiro atoms. The number of nitrogens with zero attached hydrogens (tertiary/aromatic N) is 2. The minimum Gasteiger partial charge on any atom is -0.497 e. The third-order valence-corrected chi connectivity index (χ3v) is 5.63. The summed E-state index contributed by atoms with van der Waals surface area (Å²) < 4.78 is 18.3. The van der Waals surface area contributed by atoms with Gasteiger partial charge in [-0.15, -0.1) is 0 Å². The number of carbonyl (C=O) groups is 3. The first kappa shape index (κ1) is 23.0. The molecular formula is C26H24FN3O4. The van der Waals surface area contributed by atoms with E-state index in [1.54, 1.807) is 24.3 Å². The van der Waals surface area contributed by atoms with Crippen LogP contribution in [0.4, 0.5) is 20.6 Å². The normalized spacial score (nSPS) is 15.6. The largest absolute Gasteiger partial charge is 0.497 e. The number of amides is 4. The van der Waals surface area contributed by atoms with Crippen LogP contribution in [0, 0.1) is 12.7 Å². The number of hydrogen-bond acceptors (Lipinski definition) is 4. The summed E-state index contributed by atoms with van der Waals surface area (Å²) in [5.41, 5.74) is 2.71. The van der Waals surface area contributed by atoms with Crippen LogP contribution in [0.25, 0.3) is 0 Å². The predicted molar refractivity (Wildman–Crippen MR) is 126 cm³/mol. The number of urea groups is 1. The Bertz CT molecular complexity index is 1190. The van der Waals surface area contributed by atoms with E-state index >= 15 is 0 Å². The van der Waals surface area contributed by atoms with Crippen molar-refractivity contribution in [3.63, 3.8) is 0 Å². The number of aryl methyl sites for hydroxylation is 1.